The average Bonchev–Trinajstić information content (AvgIpc) is 2.35. The third-order valence-corrected chi connectivity index (χ3v) is 3.17. The molecule has 5 heteroatoms. The van der Waals surface area contributed by atoms with E-state index in [2.05, 4.69) is 25.2 Å². The molecule has 0 heterocycles. The molecule has 0 fully saturated rings. The molecule has 0 aliphatic carbocycles. The lowest BCUT2D eigenvalue weighted by Gasteiger charge is -2.24. The molecule has 1 aromatic rings. The maximum atomic E-state index is 10.9. The molecular weight excluding hydrogens is 242 g/mol. The zero-order valence-electron chi connectivity index (χ0n) is 11.6. The Kier molecular flexibility index (Phi) is 4.87. The molecule has 0 aliphatic heterocycles. The third-order valence-electron chi connectivity index (χ3n) is 3.17. The van der Waals surface area contributed by atoms with Crippen molar-refractivity contribution in [2.75, 3.05) is 11.9 Å². The second kappa shape index (κ2) is 6.19. The molecule has 0 spiro atoms. The second-order valence-electron chi connectivity index (χ2n) is 5.38. The highest BCUT2D eigenvalue weighted by Gasteiger charge is 2.19. The second-order valence-corrected chi connectivity index (χ2v) is 5.38. The minimum Gasteiger partial charge on any atom is -0.384 e. The number of rotatable bonds is 6. The Labute approximate surface area is 113 Å². The SMILES string of the molecule is Cc1c(NCC(C)(C)CCC#N)cccc1[N+](=O)[O-]. The Hall–Kier alpha value is -2.09. The van der Waals surface area contributed by atoms with Crippen molar-refractivity contribution in [1.29, 1.82) is 5.26 Å². The van der Waals surface area contributed by atoms with Crippen LogP contribution in [0, 0.1) is 33.8 Å². The lowest BCUT2D eigenvalue weighted by atomic mass is 9.88. The number of nitrogens with zero attached hydrogens (tertiary/aromatic N) is 2. The van der Waals surface area contributed by atoms with Gasteiger partial charge in [0.2, 0.25) is 0 Å². The van der Waals surface area contributed by atoms with Gasteiger partial charge in [-0.3, -0.25) is 10.1 Å². The summed E-state index contributed by atoms with van der Waals surface area (Å²) in [5.41, 5.74) is 1.52. The molecule has 0 saturated carbocycles. The van der Waals surface area contributed by atoms with Crippen LogP contribution in [-0.2, 0) is 0 Å². The molecule has 5 nitrogen and oxygen atoms in total. The molecule has 1 N–H and O–H groups in total. The van der Waals surface area contributed by atoms with Crippen molar-refractivity contribution in [3.8, 4) is 6.07 Å². The molecule has 0 bridgehead atoms. The van der Waals surface area contributed by atoms with Gasteiger partial charge in [0.25, 0.3) is 5.69 Å². The Bertz CT molecular complexity index is 504. The summed E-state index contributed by atoms with van der Waals surface area (Å²) in [7, 11) is 0. The van der Waals surface area contributed by atoms with Gasteiger partial charge in [-0.25, -0.2) is 0 Å². The normalized spacial score (nSPS) is 10.8. The lowest BCUT2D eigenvalue weighted by Crippen LogP contribution is -2.23. The summed E-state index contributed by atoms with van der Waals surface area (Å²) in [6.07, 6.45) is 1.31. The fraction of sp³-hybridized carbons (Fsp3) is 0.500. The molecule has 1 rings (SSSR count). The zero-order valence-corrected chi connectivity index (χ0v) is 11.6. The van der Waals surface area contributed by atoms with E-state index < -0.39 is 0 Å². The highest BCUT2D eigenvalue weighted by Crippen LogP contribution is 2.28. The lowest BCUT2D eigenvalue weighted by molar-refractivity contribution is -0.385. The molecule has 0 radical (unpaired) electrons. The van der Waals surface area contributed by atoms with Gasteiger partial charge in [0.05, 0.1) is 11.0 Å². The quantitative estimate of drug-likeness (QED) is 0.626. The van der Waals surface area contributed by atoms with Gasteiger partial charge in [0.15, 0.2) is 0 Å². The van der Waals surface area contributed by atoms with E-state index in [9.17, 15) is 10.1 Å². The first-order valence-electron chi connectivity index (χ1n) is 6.22. The molecular formula is C14H19N3O2. The number of nitrogens with one attached hydrogen (secondary N) is 1. The number of hydrogen-bond donors (Lipinski definition) is 1. The monoisotopic (exact) mass is 261 g/mol. The van der Waals surface area contributed by atoms with Gasteiger partial charge in [0.1, 0.15) is 0 Å². The van der Waals surface area contributed by atoms with Crippen LogP contribution >= 0.6 is 0 Å². The van der Waals surface area contributed by atoms with Crippen LogP contribution in [0.4, 0.5) is 11.4 Å². The first-order valence-corrected chi connectivity index (χ1v) is 6.22. The van der Waals surface area contributed by atoms with Crippen molar-refractivity contribution in [2.24, 2.45) is 5.41 Å². The van der Waals surface area contributed by atoms with Crippen molar-refractivity contribution in [3.05, 3.63) is 33.9 Å². The van der Waals surface area contributed by atoms with Crippen molar-refractivity contribution in [1.82, 2.24) is 0 Å². The zero-order chi connectivity index (χ0) is 14.5. The third kappa shape index (κ3) is 4.25. The molecule has 0 unspecified atom stereocenters. The van der Waals surface area contributed by atoms with Gasteiger partial charge in [-0.05, 0) is 24.8 Å². The van der Waals surface area contributed by atoms with E-state index >= 15 is 0 Å². The number of hydrogen-bond acceptors (Lipinski definition) is 4. The van der Waals surface area contributed by atoms with E-state index in [-0.39, 0.29) is 16.0 Å². The Morgan fingerprint density at radius 2 is 2.16 bits per heavy atom. The van der Waals surface area contributed by atoms with Gasteiger partial charge in [-0.15, -0.1) is 0 Å². The van der Waals surface area contributed by atoms with Crippen LogP contribution in [0.5, 0.6) is 0 Å². The predicted octanol–water partition coefficient (Wildman–Crippen LogP) is 3.65. The van der Waals surface area contributed by atoms with Crippen LogP contribution in [0.3, 0.4) is 0 Å². The van der Waals surface area contributed by atoms with E-state index in [0.29, 0.717) is 18.5 Å². The first-order chi connectivity index (χ1) is 8.87. The average molecular weight is 261 g/mol. The van der Waals surface area contributed by atoms with Crippen molar-refractivity contribution >= 4 is 11.4 Å². The Balaban J connectivity index is 2.76. The predicted molar refractivity (Wildman–Crippen MR) is 75.0 cm³/mol. The summed E-state index contributed by atoms with van der Waals surface area (Å²) in [4.78, 5) is 10.5. The van der Waals surface area contributed by atoms with E-state index in [1.54, 1.807) is 13.0 Å². The summed E-state index contributed by atoms with van der Waals surface area (Å²) < 4.78 is 0. The summed E-state index contributed by atoms with van der Waals surface area (Å²) in [6.45, 7) is 6.56. The molecule has 1 aromatic carbocycles. The highest BCUT2D eigenvalue weighted by atomic mass is 16.6. The van der Waals surface area contributed by atoms with Gasteiger partial charge < -0.3 is 5.32 Å². The number of nitriles is 1. The van der Waals surface area contributed by atoms with Crippen LogP contribution in [0.15, 0.2) is 18.2 Å². The molecule has 0 amide bonds. The van der Waals surface area contributed by atoms with Crippen LogP contribution in [-0.4, -0.2) is 11.5 Å². The van der Waals surface area contributed by atoms with Crippen LogP contribution < -0.4 is 5.32 Å². The first kappa shape index (κ1) is 15.0. The number of benzene rings is 1. The molecule has 0 saturated heterocycles. The minimum absolute atomic E-state index is 0.0210. The Morgan fingerprint density at radius 3 is 2.74 bits per heavy atom. The summed E-state index contributed by atoms with van der Waals surface area (Å²) in [6, 6.07) is 7.15. The number of nitro benzene ring substituents is 1. The molecule has 102 valence electrons. The van der Waals surface area contributed by atoms with Crippen molar-refractivity contribution in [2.45, 2.75) is 33.6 Å². The van der Waals surface area contributed by atoms with Crippen LogP contribution in [0.1, 0.15) is 32.3 Å². The maximum absolute atomic E-state index is 10.9. The van der Waals surface area contributed by atoms with Gasteiger partial charge in [-0.1, -0.05) is 19.9 Å². The van der Waals surface area contributed by atoms with Gasteiger partial charge in [-0.2, -0.15) is 5.26 Å². The van der Waals surface area contributed by atoms with E-state index in [1.165, 1.54) is 6.07 Å². The summed E-state index contributed by atoms with van der Waals surface area (Å²) in [5.74, 6) is 0. The van der Waals surface area contributed by atoms with Crippen molar-refractivity contribution < 1.29 is 4.92 Å². The summed E-state index contributed by atoms with van der Waals surface area (Å²) >= 11 is 0. The smallest absolute Gasteiger partial charge is 0.274 e. The molecule has 0 aliphatic rings. The standard InChI is InChI=1S/C14H19N3O2/c1-11-12(6-4-7-13(11)17(18)19)16-10-14(2,3)8-5-9-15/h4,6-7,16H,5,8,10H2,1-3H3. The van der Waals surface area contributed by atoms with E-state index in [1.807, 2.05) is 6.07 Å². The Morgan fingerprint density at radius 1 is 1.47 bits per heavy atom. The molecule has 0 aromatic heterocycles. The molecule has 0 atom stereocenters. The van der Waals surface area contributed by atoms with Crippen molar-refractivity contribution in [3.63, 3.8) is 0 Å². The topological polar surface area (TPSA) is 79.0 Å². The van der Waals surface area contributed by atoms with Gasteiger partial charge in [0, 0.05) is 30.3 Å². The largest absolute Gasteiger partial charge is 0.384 e. The summed E-state index contributed by atoms with van der Waals surface area (Å²) in [5, 5.41) is 22.7. The minimum atomic E-state index is -0.374. The van der Waals surface area contributed by atoms with Gasteiger partial charge >= 0.3 is 0 Å². The van der Waals surface area contributed by atoms with E-state index in [0.717, 1.165) is 12.1 Å². The highest BCUT2D eigenvalue weighted by molar-refractivity contribution is 5.59. The fourth-order valence-corrected chi connectivity index (χ4v) is 1.83. The fourth-order valence-electron chi connectivity index (χ4n) is 1.83. The van der Waals surface area contributed by atoms with Crippen LogP contribution in [0.2, 0.25) is 0 Å². The number of anilines is 1. The van der Waals surface area contributed by atoms with E-state index in [4.69, 9.17) is 5.26 Å². The number of nitro groups is 1. The molecule has 19 heavy (non-hydrogen) atoms. The van der Waals surface area contributed by atoms with Crippen LogP contribution in [0.25, 0.3) is 0 Å². The maximum Gasteiger partial charge on any atom is 0.274 e.